The van der Waals surface area contributed by atoms with E-state index in [4.69, 9.17) is 15.0 Å². The molecule has 2 aromatic heterocycles. The quantitative estimate of drug-likeness (QED) is 0.118. The van der Waals surface area contributed by atoms with Gasteiger partial charge in [-0.3, -0.25) is 4.98 Å². The van der Waals surface area contributed by atoms with Crippen LogP contribution in [0, 0.1) is 43.2 Å². The Labute approximate surface area is 400 Å². The smallest absolute Gasteiger partial charge is 0.264 e. The third-order valence-corrected chi connectivity index (χ3v) is 12.2. The normalized spacial score (nSPS) is 11.3. The standard InChI is InChI=1S/C60H36N4.U/c1-2-14-39(15-3-1)42-18-12-19-45(32-42)59-62-58(41-29-27-40(28-30-41)46-20-13-31-61-38-46)63-60(64-59)49-34-47(56-36-43-16-4-6-21-50(43)52-23-8-10-25-54(52)56)33-48(35-49)57-37-44-17-5-7-22-51(44)53-24-9-11-26-55(53)57;/h1-14,16-17,19-38H;/q-2;+2. The van der Waals surface area contributed by atoms with Gasteiger partial charge in [0.1, 0.15) is 5.82 Å². The van der Waals surface area contributed by atoms with Crippen LogP contribution < -0.4 is 0 Å². The molecule has 0 saturated carbocycles. The summed E-state index contributed by atoms with van der Waals surface area (Å²) in [5, 5.41) is 9.63. The topological polar surface area (TPSA) is 51.6 Å². The van der Waals surface area contributed by atoms with E-state index in [0.717, 1.165) is 61.2 Å². The van der Waals surface area contributed by atoms with Gasteiger partial charge in [0.2, 0.25) is 0 Å². The van der Waals surface area contributed by atoms with Gasteiger partial charge in [0.15, 0.2) is 11.6 Å². The number of hydrogen-bond donors (Lipinski definition) is 0. The number of benzene rings is 10. The number of fused-ring (bicyclic) bond motifs is 6. The monoisotopic (exact) mass is 1050 g/mol. The van der Waals surface area contributed by atoms with Gasteiger partial charge in [0, 0.05) is 23.5 Å². The van der Waals surface area contributed by atoms with E-state index in [2.05, 4.69) is 181 Å². The van der Waals surface area contributed by atoms with Gasteiger partial charge in [-0.25, -0.2) is 26.1 Å². The fourth-order valence-electron chi connectivity index (χ4n) is 9.08. The van der Waals surface area contributed by atoms with Crippen LogP contribution in [0.5, 0.6) is 0 Å². The molecule has 0 aliphatic rings. The second kappa shape index (κ2) is 17.2. The fourth-order valence-corrected chi connectivity index (χ4v) is 9.08. The van der Waals surface area contributed by atoms with Crippen LogP contribution in [0.4, 0.5) is 0 Å². The number of aromatic nitrogens is 4. The van der Waals surface area contributed by atoms with Crippen LogP contribution >= 0.6 is 0 Å². The molecule has 2 heterocycles. The molecule has 0 bridgehead atoms. The zero-order valence-electron chi connectivity index (χ0n) is 35.1. The van der Waals surface area contributed by atoms with Crippen molar-refractivity contribution in [3.8, 4) is 78.7 Å². The van der Waals surface area contributed by atoms with E-state index < -0.39 is 0 Å². The van der Waals surface area contributed by atoms with E-state index in [-0.39, 0.29) is 31.1 Å². The first-order chi connectivity index (χ1) is 31.7. The minimum Gasteiger partial charge on any atom is -0.264 e. The van der Waals surface area contributed by atoms with Crippen molar-refractivity contribution in [1.82, 2.24) is 19.9 Å². The van der Waals surface area contributed by atoms with Gasteiger partial charge in [-0.2, -0.15) is 42.5 Å². The Balaban J connectivity index is 0.00000469. The average molecular weight is 1050 g/mol. The molecule has 0 N–H and O–H groups in total. The van der Waals surface area contributed by atoms with Crippen LogP contribution in [-0.4, -0.2) is 19.9 Å². The molecule has 0 aliphatic carbocycles. The van der Waals surface area contributed by atoms with Gasteiger partial charge in [-0.1, -0.05) is 133 Å². The van der Waals surface area contributed by atoms with E-state index >= 15 is 0 Å². The maximum atomic E-state index is 5.34. The molecule has 65 heavy (non-hydrogen) atoms. The Hall–Kier alpha value is -7.55. The number of hydrogen-bond acceptors (Lipinski definition) is 4. The first kappa shape index (κ1) is 40.2. The minimum atomic E-state index is 0. The van der Waals surface area contributed by atoms with Gasteiger partial charge in [-0.05, 0) is 113 Å². The van der Waals surface area contributed by atoms with Crippen LogP contribution in [0.2, 0.25) is 0 Å². The van der Waals surface area contributed by atoms with Crippen LogP contribution in [0.1, 0.15) is 0 Å². The third kappa shape index (κ3) is 7.60. The van der Waals surface area contributed by atoms with Crippen LogP contribution in [0.25, 0.3) is 122 Å². The maximum absolute atomic E-state index is 5.34. The van der Waals surface area contributed by atoms with E-state index in [1.54, 1.807) is 6.20 Å². The van der Waals surface area contributed by atoms with Crippen LogP contribution in [0.3, 0.4) is 0 Å². The molecule has 10 aromatic carbocycles. The van der Waals surface area contributed by atoms with Crippen molar-refractivity contribution in [2.75, 3.05) is 0 Å². The zero-order chi connectivity index (χ0) is 42.4. The summed E-state index contributed by atoms with van der Waals surface area (Å²) in [6, 6.07) is 79.4. The predicted molar refractivity (Wildman–Crippen MR) is 263 cm³/mol. The molecule has 5 heteroatoms. The SMILES string of the molecule is [U+2].[c-]1ccccc1-c1[c-]ccc(-c2nc(-c3ccc(-c4cccnc4)cc3)nc(-c3cc(-c4cc5ccccc5c5ccccc45)cc(-c4cc5ccccc5c5ccccc45)c3)n2)c1. The molecule has 0 atom stereocenters. The predicted octanol–water partition coefficient (Wildman–Crippen LogP) is 15.1. The van der Waals surface area contributed by atoms with Crippen LogP contribution in [0.15, 0.2) is 219 Å². The van der Waals surface area contributed by atoms with Crippen molar-refractivity contribution in [2.24, 2.45) is 0 Å². The molecule has 300 valence electrons. The summed E-state index contributed by atoms with van der Waals surface area (Å²) in [5.74, 6) is 1.73. The minimum absolute atomic E-state index is 0. The van der Waals surface area contributed by atoms with Gasteiger partial charge in [0.25, 0.3) is 0 Å². The van der Waals surface area contributed by atoms with Crippen LogP contribution in [-0.2, 0) is 0 Å². The molecule has 4 nitrogen and oxygen atoms in total. The Bertz CT molecular complexity index is 3580. The Morgan fingerprint density at radius 1 is 0.308 bits per heavy atom. The second-order valence-electron chi connectivity index (χ2n) is 16.1. The summed E-state index contributed by atoms with van der Waals surface area (Å²) < 4.78 is 0. The van der Waals surface area contributed by atoms with Crippen molar-refractivity contribution in [1.29, 1.82) is 0 Å². The maximum Gasteiger partial charge on any atom is 2.00 e. The molecule has 0 spiro atoms. The molecule has 12 aromatic rings. The van der Waals surface area contributed by atoms with Crippen molar-refractivity contribution in [3.63, 3.8) is 0 Å². The summed E-state index contributed by atoms with van der Waals surface area (Å²) in [6.45, 7) is 0. The molecule has 0 aliphatic heterocycles. The van der Waals surface area contributed by atoms with Gasteiger partial charge >= 0.3 is 31.1 Å². The van der Waals surface area contributed by atoms with E-state index in [0.29, 0.717) is 17.5 Å². The Morgan fingerprint density at radius 2 is 0.815 bits per heavy atom. The van der Waals surface area contributed by atoms with Crippen molar-refractivity contribution < 1.29 is 31.1 Å². The molecule has 0 saturated heterocycles. The van der Waals surface area contributed by atoms with E-state index in [1.165, 1.54) is 43.1 Å². The molecular formula is C60H36N4U. The summed E-state index contributed by atoms with van der Waals surface area (Å²) in [5.41, 5.74) is 11.0. The molecule has 0 unspecified atom stereocenters. The van der Waals surface area contributed by atoms with Gasteiger partial charge in [0.05, 0.1) is 0 Å². The Morgan fingerprint density at radius 3 is 1.40 bits per heavy atom. The molecule has 0 amide bonds. The van der Waals surface area contributed by atoms with Gasteiger partial charge in [-0.15, -0.1) is 12.1 Å². The van der Waals surface area contributed by atoms with E-state index in [1.807, 2.05) is 48.7 Å². The second-order valence-corrected chi connectivity index (χ2v) is 16.1. The average Bonchev–Trinajstić information content (AvgIpc) is 3.38. The van der Waals surface area contributed by atoms with Crippen molar-refractivity contribution in [3.05, 3.63) is 231 Å². The van der Waals surface area contributed by atoms with Crippen molar-refractivity contribution in [2.45, 2.75) is 0 Å². The molecule has 0 fully saturated rings. The summed E-state index contributed by atoms with van der Waals surface area (Å²) in [4.78, 5) is 20.2. The molecule has 12 rings (SSSR count). The first-order valence-electron chi connectivity index (χ1n) is 21.4. The first-order valence-corrected chi connectivity index (χ1v) is 21.4. The summed E-state index contributed by atoms with van der Waals surface area (Å²) in [6.07, 6.45) is 3.67. The summed E-state index contributed by atoms with van der Waals surface area (Å²) in [7, 11) is 0. The zero-order valence-corrected chi connectivity index (χ0v) is 39.2. The van der Waals surface area contributed by atoms with Crippen molar-refractivity contribution >= 4 is 43.1 Å². The summed E-state index contributed by atoms with van der Waals surface area (Å²) >= 11 is 0. The fraction of sp³-hybridized carbons (Fsp3) is 0. The number of pyridine rings is 1. The molecule has 0 radical (unpaired) electrons. The van der Waals surface area contributed by atoms with Gasteiger partial charge < -0.3 is 0 Å². The largest absolute Gasteiger partial charge is 2.00 e. The third-order valence-electron chi connectivity index (χ3n) is 12.2. The number of rotatable bonds is 7. The number of nitrogens with zero attached hydrogens (tertiary/aromatic N) is 4. The molecular weight excluding hydrogens is 1010 g/mol. The van der Waals surface area contributed by atoms with E-state index in [9.17, 15) is 0 Å². The Kier molecular flexibility index (Phi) is 10.7.